The second-order valence-electron chi connectivity index (χ2n) is 3.30. The first-order chi connectivity index (χ1) is 5.94. The number of carbonyl (C=O) groups excluding carboxylic acids is 1. The monoisotopic (exact) mass is 242 g/mol. The number of carboxylic acid groups (broad SMARTS) is 1. The summed E-state index contributed by atoms with van der Waals surface area (Å²) in [7, 11) is 0. The lowest BCUT2D eigenvalue weighted by Gasteiger charge is -2.25. The van der Waals surface area contributed by atoms with E-state index in [4.69, 9.17) is 0 Å². The molecule has 1 aromatic rings. The van der Waals surface area contributed by atoms with Crippen molar-refractivity contribution in [2.75, 3.05) is 0 Å². The number of hydrogen-bond donors (Lipinski definition) is 0. The third-order valence-corrected chi connectivity index (χ3v) is 2.37. The largest absolute Gasteiger partial charge is 0.549 e. The van der Waals surface area contributed by atoms with Gasteiger partial charge in [0.15, 0.2) is 0 Å². The predicted molar refractivity (Wildman–Crippen MR) is 50.0 cm³/mol. The molecular weight excluding hydrogens is 234 g/mol. The Balaban J connectivity index is 3.14. The summed E-state index contributed by atoms with van der Waals surface area (Å²) in [6.45, 7) is 3.18. The van der Waals surface area contributed by atoms with Gasteiger partial charge in [-0.05, 0) is 27.6 Å². The van der Waals surface area contributed by atoms with Crippen LogP contribution in [0.4, 0.5) is 0 Å². The zero-order chi connectivity index (χ0) is 10.1. The summed E-state index contributed by atoms with van der Waals surface area (Å²) in [6, 6.07) is 1.72. The van der Waals surface area contributed by atoms with Gasteiger partial charge in [-0.15, -0.1) is 0 Å². The first-order valence-corrected chi connectivity index (χ1v) is 4.56. The molecule has 1 rings (SSSR count). The van der Waals surface area contributed by atoms with Gasteiger partial charge in [0.25, 0.3) is 0 Å². The molecule has 0 aromatic carbocycles. The summed E-state index contributed by atoms with van der Waals surface area (Å²) in [4.78, 5) is 14.7. The standard InChI is InChI=1S/C9H10BrNO2/c1-9(2,8(12)13)6-3-7(10)5-11-4-6/h3-5H,1-2H3,(H,12,13)/p-1. The lowest BCUT2D eigenvalue weighted by atomic mass is 9.86. The van der Waals surface area contributed by atoms with E-state index in [0.29, 0.717) is 5.56 Å². The fourth-order valence-corrected chi connectivity index (χ4v) is 1.24. The maximum Gasteiger partial charge on any atom is 0.0515 e. The van der Waals surface area contributed by atoms with Crippen LogP contribution in [0.2, 0.25) is 0 Å². The highest BCUT2D eigenvalue weighted by molar-refractivity contribution is 9.10. The number of pyridine rings is 1. The van der Waals surface area contributed by atoms with Gasteiger partial charge in [-0.2, -0.15) is 0 Å². The Morgan fingerprint density at radius 3 is 2.62 bits per heavy atom. The average molecular weight is 243 g/mol. The van der Waals surface area contributed by atoms with Gasteiger partial charge >= 0.3 is 0 Å². The Morgan fingerprint density at radius 1 is 1.54 bits per heavy atom. The number of halogens is 1. The highest BCUT2D eigenvalue weighted by Crippen LogP contribution is 2.23. The van der Waals surface area contributed by atoms with Gasteiger partial charge in [-0.1, -0.05) is 13.8 Å². The summed E-state index contributed by atoms with van der Waals surface area (Å²) < 4.78 is 0.763. The maximum absolute atomic E-state index is 10.8. The molecule has 0 N–H and O–H groups in total. The third kappa shape index (κ3) is 2.06. The Morgan fingerprint density at radius 2 is 2.15 bits per heavy atom. The highest BCUT2D eigenvalue weighted by Gasteiger charge is 2.22. The summed E-state index contributed by atoms with van der Waals surface area (Å²) in [6.07, 6.45) is 3.13. The van der Waals surface area contributed by atoms with Gasteiger partial charge in [-0.25, -0.2) is 0 Å². The average Bonchev–Trinajstić information content (AvgIpc) is 2.04. The molecule has 3 nitrogen and oxygen atoms in total. The number of rotatable bonds is 2. The molecule has 0 aliphatic carbocycles. The number of carbonyl (C=O) groups is 1. The minimum Gasteiger partial charge on any atom is -0.549 e. The summed E-state index contributed by atoms with van der Waals surface area (Å²) in [5.74, 6) is -1.10. The quantitative estimate of drug-likeness (QED) is 0.774. The predicted octanol–water partition coefficient (Wildman–Crippen LogP) is 0.872. The van der Waals surface area contributed by atoms with E-state index in [1.165, 1.54) is 6.20 Å². The number of aliphatic carboxylic acids is 1. The number of hydrogen-bond acceptors (Lipinski definition) is 3. The van der Waals surface area contributed by atoms with Crippen LogP contribution in [0.25, 0.3) is 0 Å². The molecule has 0 radical (unpaired) electrons. The number of aromatic nitrogens is 1. The van der Waals surface area contributed by atoms with Crippen molar-refractivity contribution in [2.24, 2.45) is 0 Å². The van der Waals surface area contributed by atoms with E-state index in [-0.39, 0.29) is 0 Å². The van der Waals surface area contributed by atoms with E-state index in [9.17, 15) is 9.90 Å². The number of nitrogens with zero attached hydrogens (tertiary/aromatic N) is 1. The summed E-state index contributed by atoms with van der Waals surface area (Å²) in [5.41, 5.74) is -0.376. The van der Waals surface area contributed by atoms with E-state index < -0.39 is 11.4 Å². The van der Waals surface area contributed by atoms with E-state index in [0.717, 1.165) is 4.47 Å². The minimum absolute atomic E-state index is 0.627. The zero-order valence-electron chi connectivity index (χ0n) is 7.37. The molecule has 0 aliphatic rings. The van der Waals surface area contributed by atoms with Gasteiger partial charge < -0.3 is 9.90 Å². The van der Waals surface area contributed by atoms with Gasteiger partial charge in [0.2, 0.25) is 0 Å². The van der Waals surface area contributed by atoms with Crippen molar-refractivity contribution in [3.05, 3.63) is 28.5 Å². The van der Waals surface area contributed by atoms with Crippen LogP contribution < -0.4 is 5.11 Å². The lowest BCUT2D eigenvalue weighted by molar-refractivity contribution is -0.312. The molecule has 0 saturated heterocycles. The molecule has 0 fully saturated rings. The van der Waals surface area contributed by atoms with E-state index in [1.807, 2.05) is 0 Å². The van der Waals surface area contributed by atoms with Crippen molar-refractivity contribution in [2.45, 2.75) is 19.3 Å². The molecule has 0 saturated carbocycles. The Hall–Kier alpha value is -0.900. The normalized spacial score (nSPS) is 11.3. The molecule has 0 atom stereocenters. The molecule has 0 unspecified atom stereocenters. The summed E-state index contributed by atoms with van der Waals surface area (Å²) in [5, 5.41) is 10.8. The van der Waals surface area contributed by atoms with Crippen molar-refractivity contribution in [3.8, 4) is 0 Å². The molecule has 0 amide bonds. The lowest BCUT2D eigenvalue weighted by Crippen LogP contribution is -2.41. The summed E-state index contributed by atoms with van der Waals surface area (Å²) >= 11 is 3.23. The SMILES string of the molecule is CC(C)(C(=O)[O-])c1cncc(Br)c1. The van der Waals surface area contributed by atoms with Gasteiger partial charge in [-0.3, -0.25) is 4.98 Å². The van der Waals surface area contributed by atoms with Crippen LogP contribution >= 0.6 is 15.9 Å². The van der Waals surface area contributed by atoms with Crippen LogP contribution in [0.15, 0.2) is 22.9 Å². The van der Waals surface area contributed by atoms with Crippen LogP contribution in [0, 0.1) is 0 Å². The fraction of sp³-hybridized carbons (Fsp3) is 0.333. The second kappa shape index (κ2) is 3.46. The van der Waals surface area contributed by atoms with Crippen molar-refractivity contribution in [1.29, 1.82) is 0 Å². The van der Waals surface area contributed by atoms with E-state index >= 15 is 0 Å². The first-order valence-electron chi connectivity index (χ1n) is 3.77. The van der Waals surface area contributed by atoms with Crippen LogP contribution in [-0.2, 0) is 10.2 Å². The molecular formula is C9H9BrNO2-. The smallest absolute Gasteiger partial charge is 0.0515 e. The Kier molecular flexibility index (Phi) is 2.71. The van der Waals surface area contributed by atoms with Crippen LogP contribution in [0.3, 0.4) is 0 Å². The third-order valence-electron chi connectivity index (χ3n) is 1.94. The molecule has 70 valence electrons. The zero-order valence-corrected chi connectivity index (χ0v) is 8.96. The minimum atomic E-state index is -1.10. The van der Waals surface area contributed by atoms with Gasteiger partial charge in [0.1, 0.15) is 0 Å². The van der Waals surface area contributed by atoms with Crippen molar-refractivity contribution in [1.82, 2.24) is 4.98 Å². The van der Waals surface area contributed by atoms with Crippen LogP contribution in [-0.4, -0.2) is 11.0 Å². The molecule has 0 bridgehead atoms. The molecule has 1 aromatic heterocycles. The van der Waals surface area contributed by atoms with Crippen molar-refractivity contribution < 1.29 is 9.90 Å². The van der Waals surface area contributed by atoms with Crippen LogP contribution in [0.1, 0.15) is 19.4 Å². The first kappa shape index (κ1) is 10.2. The number of carboxylic acids is 1. The molecule has 4 heteroatoms. The van der Waals surface area contributed by atoms with Crippen molar-refractivity contribution in [3.63, 3.8) is 0 Å². The topological polar surface area (TPSA) is 53.0 Å². The maximum atomic E-state index is 10.8. The van der Waals surface area contributed by atoms with Crippen molar-refractivity contribution >= 4 is 21.9 Å². The second-order valence-corrected chi connectivity index (χ2v) is 4.22. The van der Waals surface area contributed by atoms with E-state index in [2.05, 4.69) is 20.9 Å². The Labute approximate surface area is 84.9 Å². The van der Waals surface area contributed by atoms with Crippen LogP contribution in [0.5, 0.6) is 0 Å². The highest BCUT2D eigenvalue weighted by atomic mass is 79.9. The fourth-order valence-electron chi connectivity index (χ4n) is 0.872. The molecule has 1 heterocycles. The molecule has 13 heavy (non-hydrogen) atoms. The van der Waals surface area contributed by atoms with Gasteiger partial charge in [0.05, 0.1) is 5.97 Å². The van der Waals surface area contributed by atoms with E-state index in [1.54, 1.807) is 26.1 Å². The molecule has 0 spiro atoms. The van der Waals surface area contributed by atoms with Gasteiger partial charge in [0, 0.05) is 22.3 Å². The molecule has 0 aliphatic heterocycles. The Bertz CT molecular complexity index is 336.